The molecule has 1 saturated heterocycles. The van der Waals surface area contributed by atoms with Crippen LogP contribution in [0.2, 0.25) is 0 Å². The van der Waals surface area contributed by atoms with Crippen LogP contribution in [0.5, 0.6) is 0 Å². The summed E-state index contributed by atoms with van der Waals surface area (Å²) in [4.78, 5) is 36.7. The molecule has 134 valence electrons. The third-order valence-electron chi connectivity index (χ3n) is 4.22. The summed E-state index contributed by atoms with van der Waals surface area (Å²) in [5.74, 6) is -0.804. The predicted octanol–water partition coefficient (Wildman–Crippen LogP) is 2.23. The van der Waals surface area contributed by atoms with Crippen molar-refractivity contribution in [1.29, 1.82) is 0 Å². The lowest BCUT2D eigenvalue weighted by molar-refractivity contribution is 0.0937. The molecule has 1 aliphatic rings. The SMILES string of the molecule is C[C@H](NC(=O)c1ccc(C(N)=O)cc1)c1cccc(N2CCOC2=O)c1. The van der Waals surface area contributed by atoms with Crippen molar-refractivity contribution >= 4 is 23.6 Å². The number of nitrogens with two attached hydrogens (primary N) is 1. The highest BCUT2D eigenvalue weighted by Gasteiger charge is 2.24. The Morgan fingerprint density at radius 1 is 1.15 bits per heavy atom. The fraction of sp³-hybridized carbons (Fsp3) is 0.211. The first kappa shape index (κ1) is 17.5. The summed E-state index contributed by atoms with van der Waals surface area (Å²) in [5.41, 5.74) is 7.57. The number of amides is 3. The molecule has 0 unspecified atom stereocenters. The van der Waals surface area contributed by atoms with Gasteiger partial charge in [-0.15, -0.1) is 0 Å². The number of nitrogens with one attached hydrogen (secondary N) is 1. The first-order valence-corrected chi connectivity index (χ1v) is 8.20. The van der Waals surface area contributed by atoms with Gasteiger partial charge in [0.15, 0.2) is 0 Å². The van der Waals surface area contributed by atoms with E-state index in [4.69, 9.17) is 10.5 Å². The van der Waals surface area contributed by atoms with E-state index < -0.39 is 5.91 Å². The van der Waals surface area contributed by atoms with E-state index in [1.165, 1.54) is 12.1 Å². The largest absolute Gasteiger partial charge is 0.447 e. The fourth-order valence-corrected chi connectivity index (χ4v) is 2.74. The van der Waals surface area contributed by atoms with Gasteiger partial charge in [0.25, 0.3) is 5.91 Å². The maximum Gasteiger partial charge on any atom is 0.414 e. The lowest BCUT2D eigenvalue weighted by Gasteiger charge is -2.18. The number of primary amides is 1. The average Bonchev–Trinajstić information content (AvgIpc) is 3.07. The van der Waals surface area contributed by atoms with Crippen LogP contribution in [-0.4, -0.2) is 31.1 Å². The first-order chi connectivity index (χ1) is 12.5. The molecule has 7 nitrogen and oxygen atoms in total. The number of cyclic esters (lactones) is 1. The first-order valence-electron chi connectivity index (χ1n) is 8.20. The van der Waals surface area contributed by atoms with Crippen LogP contribution in [0, 0.1) is 0 Å². The maximum absolute atomic E-state index is 12.4. The molecule has 0 spiro atoms. The predicted molar refractivity (Wildman–Crippen MR) is 96.0 cm³/mol. The van der Waals surface area contributed by atoms with E-state index in [0.29, 0.717) is 24.3 Å². The van der Waals surface area contributed by atoms with Gasteiger partial charge in [0.1, 0.15) is 6.61 Å². The second-order valence-electron chi connectivity index (χ2n) is 6.00. The van der Waals surface area contributed by atoms with Gasteiger partial charge in [0, 0.05) is 16.8 Å². The molecule has 1 aliphatic heterocycles. The normalized spacial score (nSPS) is 14.7. The highest BCUT2D eigenvalue weighted by molar-refractivity contribution is 5.97. The number of carbonyl (C=O) groups is 3. The maximum atomic E-state index is 12.4. The quantitative estimate of drug-likeness (QED) is 0.860. The molecule has 1 heterocycles. The Labute approximate surface area is 150 Å². The van der Waals surface area contributed by atoms with E-state index in [1.54, 1.807) is 17.0 Å². The van der Waals surface area contributed by atoms with E-state index in [-0.39, 0.29) is 18.0 Å². The van der Waals surface area contributed by atoms with Crippen LogP contribution < -0.4 is 16.0 Å². The van der Waals surface area contributed by atoms with Gasteiger partial charge in [-0.1, -0.05) is 12.1 Å². The summed E-state index contributed by atoms with van der Waals surface area (Å²) in [6.45, 7) is 2.74. The van der Waals surface area contributed by atoms with Crippen LogP contribution >= 0.6 is 0 Å². The molecule has 2 aromatic rings. The zero-order chi connectivity index (χ0) is 18.7. The van der Waals surface area contributed by atoms with Gasteiger partial charge >= 0.3 is 6.09 Å². The summed E-state index contributed by atoms with van der Waals surface area (Å²) in [6.07, 6.45) is -0.367. The molecular weight excluding hydrogens is 334 g/mol. The molecule has 3 N–H and O–H groups in total. The van der Waals surface area contributed by atoms with Crippen molar-refractivity contribution in [2.24, 2.45) is 5.73 Å². The van der Waals surface area contributed by atoms with Crippen LogP contribution in [0.15, 0.2) is 48.5 Å². The van der Waals surface area contributed by atoms with Crippen molar-refractivity contribution in [3.63, 3.8) is 0 Å². The van der Waals surface area contributed by atoms with E-state index in [9.17, 15) is 14.4 Å². The van der Waals surface area contributed by atoms with Gasteiger partial charge in [0.05, 0.1) is 12.6 Å². The standard InChI is InChI=1S/C19H19N3O4/c1-12(21-18(24)14-7-5-13(6-8-14)17(20)23)15-3-2-4-16(11-15)22-9-10-26-19(22)25/h2-8,11-12H,9-10H2,1H3,(H2,20,23)(H,21,24)/t12-/m0/s1. The number of hydrogen-bond acceptors (Lipinski definition) is 4. The average molecular weight is 353 g/mol. The minimum atomic E-state index is -0.539. The van der Waals surface area contributed by atoms with E-state index in [0.717, 1.165) is 11.3 Å². The van der Waals surface area contributed by atoms with Gasteiger partial charge in [-0.3, -0.25) is 14.5 Å². The summed E-state index contributed by atoms with van der Waals surface area (Å²) >= 11 is 0. The van der Waals surface area contributed by atoms with Crippen LogP contribution in [0.3, 0.4) is 0 Å². The minimum Gasteiger partial charge on any atom is -0.447 e. The second-order valence-corrected chi connectivity index (χ2v) is 6.00. The molecule has 0 radical (unpaired) electrons. The smallest absolute Gasteiger partial charge is 0.414 e. The Kier molecular flexibility index (Phi) is 4.88. The van der Waals surface area contributed by atoms with Crippen LogP contribution in [0.1, 0.15) is 39.2 Å². The van der Waals surface area contributed by atoms with Gasteiger partial charge in [-0.25, -0.2) is 4.79 Å². The number of anilines is 1. The van der Waals surface area contributed by atoms with Crippen LogP contribution in [0.4, 0.5) is 10.5 Å². The number of hydrogen-bond donors (Lipinski definition) is 2. The molecular formula is C19H19N3O4. The number of nitrogens with zero attached hydrogens (tertiary/aromatic N) is 1. The summed E-state index contributed by atoms with van der Waals surface area (Å²) in [6, 6.07) is 13.3. The van der Waals surface area contributed by atoms with Gasteiger partial charge in [-0.2, -0.15) is 0 Å². The highest BCUT2D eigenvalue weighted by atomic mass is 16.6. The lowest BCUT2D eigenvalue weighted by Crippen LogP contribution is -2.27. The monoisotopic (exact) mass is 353 g/mol. The molecule has 0 bridgehead atoms. The summed E-state index contributed by atoms with van der Waals surface area (Å²) in [7, 11) is 0. The lowest BCUT2D eigenvalue weighted by atomic mass is 10.1. The summed E-state index contributed by atoms with van der Waals surface area (Å²) in [5, 5.41) is 2.90. The van der Waals surface area contributed by atoms with E-state index >= 15 is 0 Å². The van der Waals surface area contributed by atoms with Crippen molar-refractivity contribution in [2.75, 3.05) is 18.1 Å². The van der Waals surface area contributed by atoms with Gasteiger partial charge < -0.3 is 15.8 Å². The van der Waals surface area contributed by atoms with Crippen molar-refractivity contribution in [2.45, 2.75) is 13.0 Å². The molecule has 1 atom stereocenters. The Hall–Kier alpha value is -3.35. The number of ether oxygens (including phenoxy) is 1. The Morgan fingerprint density at radius 2 is 1.85 bits per heavy atom. The zero-order valence-electron chi connectivity index (χ0n) is 14.3. The number of rotatable bonds is 5. The minimum absolute atomic E-state index is 0.264. The number of benzene rings is 2. The molecule has 3 rings (SSSR count). The number of carbonyl (C=O) groups excluding carboxylic acids is 3. The topological polar surface area (TPSA) is 102 Å². The van der Waals surface area contributed by atoms with E-state index in [2.05, 4.69) is 5.32 Å². The Morgan fingerprint density at radius 3 is 2.46 bits per heavy atom. The van der Waals surface area contributed by atoms with Crippen LogP contribution in [0.25, 0.3) is 0 Å². The van der Waals surface area contributed by atoms with Crippen molar-refractivity contribution < 1.29 is 19.1 Å². The zero-order valence-corrected chi connectivity index (χ0v) is 14.3. The molecule has 2 aromatic carbocycles. The highest BCUT2D eigenvalue weighted by Crippen LogP contribution is 2.23. The second kappa shape index (κ2) is 7.26. The Balaban J connectivity index is 1.71. The fourth-order valence-electron chi connectivity index (χ4n) is 2.74. The molecule has 7 heteroatoms. The Bertz CT molecular complexity index is 848. The van der Waals surface area contributed by atoms with Crippen molar-refractivity contribution in [1.82, 2.24) is 5.32 Å². The molecule has 26 heavy (non-hydrogen) atoms. The molecule has 0 aromatic heterocycles. The molecule has 0 aliphatic carbocycles. The molecule has 0 saturated carbocycles. The molecule has 3 amide bonds. The van der Waals surface area contributed by atoms with E-state index in [1.807, 2.05) is 31.2 Å². The molecule has 1 fully saturated rings. The van der Waals surface area contributed by atoms with Gasteiger partial charge in [0.2, 0.25) is 5.91 Å². The van der Waals surface area contributed by atoms with Crippen molar-refractivity contribution in [3.8, 4) is 0 Å². The van der Waals surface area contributed by atoms with Crippen LogP contribution in [-0.2, 0) is 4.74 Å². The van der Waals surface area contributed by atoms with Crippen molar-refractivity contribution in [3.05, 3.63) is 65.2 Å². The van der Waals surface area contributed by atoms with Gasteiger partial charge in [-0.05, 0) is 48.9 Å². The summed E-state index contributed by atoms with van der Waals surface area (Å²) < 4.78 is 4.95. The third-order valence-corrected chi connectivity index (χ3v) is 4.22. The third kappa shape index (κ3) is 3.66.